The van der Waals surface area contributed by atoms with E-state index < -0.39 is 5.60 Å². The Balaban J connectivity index is 1.69. The number of nitrogens with zero attached hydrogens (tertiary/aromatic N) is 1. The quantitative estimate of drug-likeness (QED) is 0.292. The molecule has 4 aliphatic carbocycles. The van der Waals surface area contributed by atoms with Crippen molar-refractivity contribution in [3.05, 3.63) is 11.6 Å². The predicted molar refractivity (Wildman–Crippen MR) is 97.6 cm³/mol. The van der Waals surface area contributed by atoms with E-state index in [4.69, 9.17) is 0 Å². The summed E-state index contributed by atoms with van der Waals surface area (Å²) in [5.41, 5.74) is 1.03. The maximum Gasteiger partial charge on any atom is 0.111 e. The minimum absolute atomic E-state index is 0.162. The lowest BCUT2D eigenvalue weighted by Crippen LogP contribution is -2.57. The molecule has 4 rings (SSSR count). The number of allylic oxidation sites excluding steroid dienone is 1. The zero-order chi connectivity index (χ0) is 18.0. The Morgan fingerprint density at radius 3 is 2.56 bits per heavy atom. The van der Waals surface area contributed by atoms with Gasteiger partial charge in [0.25, 0.3) is 0 Å². The molecule has 140 valence electrons. The van der Waals surface area contributed by atoms with E-state index in [0.717, 1.165) is 44.9 Å². The summed E-state index contributed by atoms with van der Waals surface area (Å²) >= 11 is 0. The van der Waals surface area contributed by atoms with Gasteiger partial charge < -0.3 is 15.4 Å². The highest BCUT2D eigenvalue weighted by Gasteiger charge is 2.64. The zero-order valence-electron chi connectivity index (χ0n) is 15.8. The Kier molecular flexibility index (Phi) is 3.90. The van der Waals surface area contributed by atoms with E-state index in [1.807, 2.05) is 0 Å². The third-order valence-electron chi connectivity index (χ3n) is 8.98. The average Bonchev–Trinajstić information content (AvgIpc) is 2.87. The molecule has 0 spiro atoms. The highest BCUT2D eigenvalue weighted by Crippen LogP contribution is 2.67. The van der Waals surface area contributed by atoms with Crippen molar-refractivity contribution < 1.29 is 15.4 Å². The summed E-state index contributed by atoms with van der Waals surface area (Å²) in [5.74, 6) is 1.74. The molecular weight excluding hydrogens is 314 g/mol. The Morgan fingerprint density at radius 1 is 1.12 bits per heavy atom. The number of hydrogen-bond acceptors (Lipinski definition) is 4. The van der Waals surface area contributed by atoms with Gasteiger partial charge in [-0.1, -0.05) is 30.7 Å². The summed E-state index contributed by atoms with van der Waals surface area (Å²) in [7, 11) is 0. The van der Waals surface area contributed by atoms with Crippen LogP contribution in [0.4, 0.5) is 0 Å². The predicted octanol–water partition coefficient (Wildman–Crippen LogP) is 3.89. The molecule has 0 aromatic rings. The Labute approximate surface area is 151 Å². The molecule has 25 heavy (non-hydrogen) atoms. The summed E-state index contributed by atoms with van der Waals surface area (Å²) in [6, 6.07) is 0. The van der Waals surface area contributed by atoms with E-state index in [0.29, 0.717) is 29.9 Å². The number of aliphatic hydroxyl groups excluding tert-OH is 1. The molecule has 3 N–H and O–H groups in total. The summed E-state index contributed by atoms with van der Waals surface area (Å²) in [6.07, 6.45) is 10.0. The van der Waals surface area contributed by atoms with Gasteiger partial charge >= 0.3 is 0 Å². The zero-order valence-corrected chi connectivity index (χ0v) is 15.8. The third kappa shape index (κ3) is 2.16. The molecule has 0 radical (unpaired) electrons. The molecule has 0 aromatic heterocycles. The second kappa shape index (κ2) is 5.56. The first-order valence-corrected chi connectivity index (χ1v) is 10.1. The van der Waals surface area contributed by atoms with Gasteiger partial charge in [-0.05, 0) is 81.5 Å². The first-order chi connectivity index (χ1) is 11.8. The molecule has 0 saturated heterocycles. The maximum absolute atomic E-state index is 11.4. The van der Waals surface area contributed by atoms with Crippen LogP contribution in [0.2, 0.25) is 0 Å². The monoisotopic (exact) mass is 347 g/mol. The molecule has 3 fully saturated rings. The second-order valence-corrected chi connectivity index (χ2v) is 9.70. The average molecular weight is 347 g/mol. The minimum Gasteiger partial charge on any atom is -0.411 e. The highest BCUT2D eigenvalue weighted by molar-refractivity contribution is 5.91. The molecule has 4 nitrogen and oxygen atoms in total. The first-order valence-electron chi connectivity index (χ1n) is 10.1. The van der Waals surface area contributed by atoms with Crippen LogP contribution in [0.25, 0.3) is 0 Å². The van der Waals surface area contributed by atoms with Gasteiger partial charge in [0.05, 0.1) is 11.8 Å². The van der Waals surface area contributed by atoms with Crippen LogP contribution >= 0.6 is 0 Å². The molecular formula is C21H33NO3. The molecule has 4 aliphatic rings. The lowest BCUT2D eigenvalue weighted by molar-refractivity contribution is -0.0936. The summed E-state index contributed by atoms with van der Waals surface area (Å²) in [4.78, 5) is 0. The van der Waals surface area contributed by atoms with Crippen molar-refractivity contribution >= 4 is 5.71 Å². The fraction of sp³-hybridized carbons (Fsp3) is 0.857. The second-order valence-electron chi connectivity index (χ2n) is 9.70. The van der Waals surface area contributed by atoms with Gasteiger partial charge in [-0.2, -0.15) is 0 Å². The van der Waals surface area contributed by atoms with E-state index in [1.165, 1.54) is 5.57 Å². The van der Waals surface area contributed by atoms with Gasteiger partial charge in [-0.15, -0.1) is 0 Å². The standard InChI is InChI=1S/C21H33NO3/c1-13(22-25)21(24)11-8-18-16-5-4-14-12-15(23)6-9-19(14,2)17(16)7-10-20(18,21)3/h4,15-18,23-25H,5-12H2,1-3H3/t15-,16+,17-,18-,19-,20-,21-/m1/s1. The van der Waals surface area contributed by atoms with E-state index >= 15 is 0 Å². The van der Waals surface area contributed by atoms with Crippen molar-refractivity contribution in [3.8, 4) is 0 Å². The van der Waals surface area contributed by atoms with Gasteiger partial charge in [0, 0.05) is 5.41 Å². The first kappa shape index (κ1) is 17.5. The van der Waals surface area contributed by atoms with Crippen molar-refractivity contribution in [1.82, 2.24) is 0 Å². The molecule has 0 bridgehead atoms. The van der Waals surface area contributed by atoms with Crippen LogP contribution in [0.1, 0.15) is 72.1 Å². The van der Waals surface area contributed by atoms with Crippen LogP contribution in [-0.4, -0.2) is 32.8 Å². The third-order valence-corrected chi connectivity index (χ3v) is 8.98. The van der Waals surface area contributed by atoms with Crippen LogP contribution in [0.5, 0.6) is 0 Å². The number of aliphatic hydroxyl groups is 2. The van der Waals surface area contributed by atoms with Gasteiger partial charge in [-0.3, -0.25) is 0 Å². The topological polar surface area (TPSA) is 73.1 Å². The molecule has 7 atom stereocenters. The lowest BCUT2D eigenvalue weighted by atomic mass is 9.46. The summed E-state index contributed by atoms with van der Waals surface area (Å²) in [6.45, 7) is 6.41. The van der Waals surface area contributed by atoms with Crippen molar-refractivity contribution in [2.75, 3.05) is 0 Å². The van der Waals surface area contributed by atoms with Crippen LogP contribution in [-0.2, 0) is 0 Å². The van der Waals surface area contributed by atoms with E-state index in [2.05, 4.69) is 25.1 Å². The molecule has 3 saturated carbocycles. The van der Waals surface area contributed by atoms with Gasteiger partial charge in [0.2, 0.25) is 0 Å². The number of fused-ring (bicyclic) bond motifs is 5. The summed E-state index contributed by atoms with van der Waals surface area (Å²) < 4.78 is 0. The SMILES string of the molecule is CC(=NO)[C@]1(O)CC[C@@H]2[C@H]3CC=C4C[C@H](O)CC[C@@]4(C)[C@@H]3CC[C@]21C. The largest absolute Gasteiger partial charge is 0.411 e. The molecule has 0 aliphatic heterocycles. The van der Waals surface area contributed by atoms with Crippen molar-refractivity contribution in [3.63, 3.8) is 0 Å². The minimum atomic E-state index is -0.967. The molecule has 4 heteroatoms. The van der Waals surface area contributed by atoms with E-state index in [1.54, 1.807) is 6.92 Å². The van der Waals surface area contributed by atoms with Gasteiger partial charge in [0.1, 0.15) is 5.60 Å². The van der Waals surface area contributed by atoms with Crippen molar-refractivity contribution in [2.45, 2.75) is 83.8 Å². The number of rotatable bonds is 1. The van der Waals surface area contributed by atoms with Crippen molar-refractivity contribution in [2.24, 2.45) is 33.7 Å². The Morgan fingerprint density at radius 2 is 1.84 bits per heavy atom. The van der Waals surface area contributed by atoms with Crippen molar-refractivity contribution in [1.29, 1.82) is 0 Å². The lowest BCUT2D eigenvalue weighted by Gasteiger charge is -2.58. The maximum atomic E-state index is 11.4. The molecule has 0 unspecified atom stereocenters. The van der Waals surface area contributed by atoms with E-state index in [-0.39, 0.29) is 16.9 Å². The van der Waals surface area contributed by atoms with Gasteiger partial charge in [0.15, 0.2) is 0 Å². The van der Waals surface area contributed by atoms with Crippen LogP contribution in [0.15, 0.2) is 16.8 Å². The van der Waals surface area contributed by atoms with Crippen LogP contribution in [0, 0.1) is 28.6 Å². The van der Waals surface area contributed by atoms with E-state index in [9.17, 15) is 15.4 Å². The van der Waals surface area contributed by atoms with Gasteiger partial charge in [-0.25, -0.2) is 0 Å². The Bertz CT molecular complexity index is 629. The molecule has 0 amide bonds. The Hall–Kier alpha value is -0.870. The molecule has 0 heterocycles. The fourth-order valence-corrected chi connectivity index (χ4v) is 7.33. The number of oxime groups is 1. The molecule has 0 aromatic carbocycles. The highest BCUT2D eigenvalue weighted by atomic mass is 16.4. The smallest absolute Gasteiger partial charge is 0.111 e. The van der Waals surface area contributed by atoms with Crippen LogP contribution < -0.4 is 0 Å². The fourth-order valence-electron chi connectivity index (χ4n) is 7.33. The van der Waals surface area contributed by atoms with Crippen LogP contribution in [0.3, 0.4) is 0 Å². The normalized spacial score (nSPS) is 52.8. The summed E-state index contributed by atoms with van der Waals surface area (Å²) in [5, 5.41) is 34.2. The number of hydrogen-bond donors (Lipinski definition) is 3.